The number of hydrogen-bond acceptors (Lipinski definition) is 4. The van der Waals surface area contributed by atoms with Crippen LogP contribution in [0.4, 0.5) is 11.4 Å². The van der Waals surface area contributed by atoms with Crippen LogP contribution in [0.2, 0.25) is 0 Å². The number of nitrogens with one attached hydrogen (secondary N) is 1. The van der Waals surface area contributed by atoms with E-state index in [0.717, 1.165) is 6.42 Å². The minimum Gasteiger partial charge on any atom is -0.496 e. The van der Waals surface area contributed by atoms with Crippen LogP contribution in [0.5, 0.6) is 5.75 Å². The largest absolute Gasteiger partial charge is 0.496 e. The molecule has 1 aliphatic rings. The number of hydrogen-bond donors (Lipinski definition) is 1. The Morgan fingerprint density at radius 2 is 1.96 bits per heavy atom. The van der Waals surface area contributed by atoms with E-state index in [1.807, 2.05) is 0 Å². The number of sulfonamides is 1. The first-order valence-corrected chi connectivity index (χ1v) is 9.96. The topological polar surface area (TPSA) is 75.7 Å². The van der Waals surface area contributed by atoms with Crippen LogP contribution >= 0.6 is 15.9 Å². The lowest BCUT2D eigenvalue weighted by Crippen LogP contribution is -2.25. The highest BCUT2D eigenvalue weighted by Gasteiger charge is 2.25. The van der Waals surface area contributed by atoms with Gasteiger partial charge in [-0.1, -0.05) is 12.1 Å². The molecule has 1 fully saturated rings. The van der Waals surface area contributed by atoms with Gasteiger partial charge in [0.2, 0.25) is 5.91 Å². The summed E-state index contributed by atoms with van der Waals surface area (Å²) in [5.74, 6) is 0.542. The summed E-state index contributed by atoms with van der Waals surface area (Å²) in [6.07, 6.45) is 1.25. The van der Waals surface area contributed by atoms with Gasteiger partial charge in [-0.2, -0.15) is 0 Å². The summed E-state index contributed by atoms with van der Waals surface area (Å²) in [4.78, 5) is 13.7. The highest BCUT2D eigenvalue weighted by Crippen LogP contribution is 2.32. The maximum atomic E-state index is 12.7. The molecule has 1 N–H and O–H groups in total. The van der Waals surface area contributed by atoms with Gasteiger partial charge in [0.15, 0.2) is 0 Å². The van der Waals surface area contributed by atoms with Gasteiger partial charge in [0.05, 0.1) is 27.9 Å². The maximum absolute atomic E-state index is 12.7. The van der Waals surface area contributed by atoms with Crippen molar-refractivity contribution in [2.24, 2.45) is 0 Å². The van der Waals surface area contributed by atoms with Crippen LogP contribution in [0.25, 0.3) is 0 Å². The summed E-state index contributed by atoms with van der Waals surface area (Å²) in [5.41, 5.74) is 0.950. The van der Waals surface area contributed by atoms with E-state index in [0.29, 0.717) is 34.6 Å². The molecule has 0 aliphatic carbocycles. The van der Waals surface area contributed by atoms with Gasteiger partial charge in [-0.25, -0.2) is 8.42 Å². The Labute approximate surface area is 155 Å². The number of rotatable bonds is 5. The molecule has 2 aromatic rings. The molecule has 1 amide bonds. The van der Waals surface area contributed by atoms with E-state index in [-0.39, 0.29) is 10.8 Å². The van der Waals surface area contributed by atoms with Crippen molar-refractivity contribution < 1.29 is 17.9 Å². The van der Waals surface area contributed by atoms with E-state index >= 15 is 0 Å². The highest BCUT2D eigenvalue weighted by molar-refractivity contribution is 9.10. The van der Waals surface area contributed by atoms with Gasteiger partial charge in [-0.15, -0.1) is 0 Å². The Balaban J connectivity index is 1.94. The van der Waals surface area contributed by atoms with Crippen molar-refractivity contribution >= 4 is 43.2 Å². The quantitative estimate of drug-likeness (QED) is 0.797. The molecule has 25 heavy (non-hydrogen) atoms. The summed E-state index contributed by atoms with van der Waals surface area (Å²) in [7, 11) is -2.29. The predicted octanol–water partition coefficient (Wildman–Crippen LogP) is 3.39. The zero-order valence-electron chi connectivity index (χ0n) is 13.5. The van der Waals surface area contributed by atoms with Gasteiger partial charge in [0.1, 0.15) is 5.75 Å². The molecular formula is C17H17BrN2O4S. The van der Waals surface area contributed by atoms with E-state index in [4.69, 9.17) is 4.74 Å². The van der Waals surface area contributed by atoms with E-state index < -0.39 is 10.0 Å². The molecule has 0 bridgehead atoms. The van der Waals surface area contributed by atoms with Gasteiger partial charge in [0, 0.05) is 13.0 Å². The van der Waals surface area contributed by atoms with E-state index in [9.17, 15) is 13.2 Å². The fourth-order valence-corrected chi connectivity index (χ4v) is 4.51. The zero-order valence-corrected chi connectivity index (χ0v) is 15.9. The second kappa shape index (κ2) is 7.05. The molecule has 3 rings (SSSR count). The number of carbonyl (C=O) groups excluding carboxylic acids is 1. The maximum Gasteiger partial charge on any atom is 0.262 e. The SMILES string of the molecule is COc1ccc(S(=O)(=O)Nc2ccccc2N2CCCC2=O)cc1Br. The third-order valence-electron chi connectivity index (χ3n) is 3.95. The molecule has 0 saturated carbocycles. The van der Waals surface area contributed by atoms with E-state index in [2.05, 4.69) is 20.7 Å². The molecular weight excluding hydrogens is 408 g/mol. The Kier molecular flexibility index (Phi) is 5.01. The summed E-state index contributed by atoms with van der Waals surface area (Å²) in [5, 5.41) is 0. The number of para-hydroxylation sites is 2. The van der Waals surface area contributed by atoms with Crippen LogP contribution in [0.15, 0.2) is 51.8 Å². The number of nitrogens with zero attached hydrogens (tertiary/aromatic N) is 1. The van der Waals surface area contributed by atoms with Crippen molar-refractivity contribution in [3.05, 3.63) is 46.9 Å². The molecule has 0 unspecified atom stereocenters. The number of benzene rings is 2. The molecule has 1 aliphatic heterocycles. The molecule has 8 heteroatoms. The normalized spacial score (nSPS) is 14.6. The van der Waals surface area contributed by atoms with Crippen LogP contribution in [0.1, 0.15) is 12.8 Å². The Bertz CT molecular complexity index is 915. The van der Waals surface area contributed by atoms with Crippen molar-refractivity contribution in [3.8, 4) is 5.75 Å². The number of anilines is 2. The molecule has 1 saturated heterocycles. The molecule has 2 aromatic carbocycles. The second-order valence-corrected chi connectivity index (χ2v) is 8.10. The lowest BCUT2D eigenvalue weighted by atomic mass is 10.2. The van der Waals surface area contributed by atoms with Gasteiger partial charge < -0.3 is 9.64 Å². The number of ether oxygens (including phenoxy) is 1. The van der Waals surface area contributed by atoms with Crippen molar-refractivity contribution in [1.82, 2.24) is 0 Å². The van der Waals surface area contributed by atoms with Crippen LogP contribution in [0.3, 0.4) is 0 Å². The summed E-state index contributed by atoms with van der Waals surface area (Å²) >= 11 is 3.29. The number of carbonyl (C=O) groups is 1. The Hall–Kier alpha value is -2.06. The lowest BCUT2D eigenvalue weighted by Gasteiger charge is -2.20. The van der Waals surface area contributed by atoms with Crippen molar-refractivity contribution in [1.29, 1.82) is 0 Å². The van der Waals surface area contributed by atoms with E-state index in [1.165, 1.54) is 19.2 Å². The molecule has 0 radical (unpaired) electrons. The Morgan fingerprint density at radius 3 is 2.60 bits per heavy atom. The molecule has 132 valence electrons. The molecule has 0 atom stereocenters. The zero-order chi connectivity index (χ0) is 18.0. The van der Waals surface area contributed by atoms with Crippen molar-refractivity contribution in [2.45, 2.75) is 17.7 Å². The minimum atomic E-state index is -3.80. The lowest BCUT2D eigenvalue weighted by molar-refractivity contribution is -0.117. The van der Waals surface area contributed by atoms with Crippen LogP contribution in [0, 0.1) is 0 Å². The first kappa shape index (κ1) is 17.8. The predicted molar refractivity (Wildman–Crippen MR) is 99.5 cm³/mol. The average Bonchev–Trinajstić information content (AvgIpc) is 3.01. The van der Waals surface area contributed by atoms with Gasteiger partial charge in [-0.05, 0) is 52.7 Å². The standard InChI is InChI=1S/C17H17BrN2O4S/c1-24-16-9-8-12(11-13(16)18)25(22,23)19-14-5-2-3-6-15(14)20-10-4-7-17(20)21/h2-3,5-6,8-9,11,19H,4,7,10H2,1H3. The first-order chi connectivity index (χ1) is 11.9. The monoisotopic (exact) mass is 424 g/mol. The van der Waals surface area contributed by atoms with Crippen LogP contribution in [-0.2, 0) is 14.8 Å². The van der Waals surface area contributed by atoms with Crippen molar-refractivity contribution in [2.75, 3.05) is 23.3 Å². The third-order valence-corrected chi connectivity index (χ3v) is 5.93. The first-order valence-electron chi connectivity index (χ1n) is 7.68. The highest BCUT2D eigenvalue weighted by atomic mass is 79.9. The average molecular weight is 425 g/mol. The van der Waals surface area contributed by atoms with Gasteiger partial charge in [-0.3, -0.25) is 9.52 Å². The van der Waals surface area contributed by atoms with Gasteiger partial charge >= 0.3 is 0 Å². The molecule has 0 aromatic heterocycles. The minimum absolute atomic E-state index is 0.00107. The van der Waals surface area contributed by atoms with Crippen molar-refractivity contribution in [3.63, 3.8) is 0 Å². The van der Waals surface area contributed by atoms with Crippen LogP contribution in [-0.4, -0.2) is 28.0 Å². The fourth-order valence-electron chi connectivity index (χ4n) is 2.72. The Morgan fingerprint density at radius 1 is 1.20 bits per heavy atom. The second-order valence-electron chi connectivity index (χ2n) is 5.57. The summed E-state index contributed by atoms with van der Waals surface area (Å²) in [6, 6.07) is 11.4. The number of methoxy groups -OCH3 is 1. The summed E-state index contributed by atoms with van der Waals surface area (Å²) < 4.78 is 33.7. The number of halogens is 1. The molecule has 1 heterocycles. The van der Waals surface area contributed by atoms with E-state index in [1.54, 1.807) is 35.2 Å². The molecule has 0 spiro atoms. The third kappa shape index (κ3) is 3.64. The fraction of sp³-hybridized carbons (Fsp3) is 0.235. The number of amides is 1. The van der Waals surface area contributed by atoms with Gasteiger partial charge in [0.25, 0.3) is 10.0 Å². The van der Waals surface area contributed by atoms with Crippen LogP contribution < -0.4 is 14.4 Å². The molecule has 6 nitrogen and oxygen atoms in total. The smallest absolute Gasteiger partial charge is 0.262 e. The summed E-state index contributed by atoms with van der Waals surface area (Å²) in [6.45, 7) is 0.589.